The first kappa shape index (κ1) is 11.1. The quantitative estimate of drug-likeness (QED) is 0.415. The number of carbonyl (C=O) groups is 4. The standard InChI is InChI=1S/C10H8N2O5/c1-11-8(14)9(15)12(10(11)16)5-6(13)7-3-2-4-17-7/h2-4H,5H2,1H3. The molecule has 7 nitrogen and oxygen atoms in total. The van der Waals surface area contributed by atoms with E-state index in [1.54, 1.807) is 0 Å². The van der Waals surface area contributed by atoms with Crippen LogP contribution in [0.5, 0.6) is 0 Å². The van der Waals surface area contributed by atoms with Crippen LogP contribution in [0, 0.1) is 0 Å². The van der Waals surface area contributed by atoms with Crippen LogP contribution in [-0.2, 0) is 9.59 Å². The number of nitrogens with zero attached hydrogens (tertiary/aromatic N) is 2. The van der Waals surface area contributed by atoms with Crippen molar-refractivity contribution in [3.63, 3.8) is 0 Å². The SMILES string of the molecule is CN1C(=O)C(=O)N(CC(=O)c2ccco2)C1=O. The Bertz CT molecular complexity index is 505. The molecular formula is C10H8N2O5. The van der Waals surface area contributed by atoms with Gasteiger partial charge in [-0.15, -0.1) is 0 Å². The Balaban J connectivity index is 2.15. The molecule has 1 aliphatic rings. The molecule has 1 aliphatic heterocycles. The summed E-state index contributed by atoms with van der Waals surface area (Å²) in [6, 6.07) is 2.12. The lowest BCUT2D eigenvalue weighted by Gasteiger charge is -2.10. The number of imide groups is 2. The molecule has 0 saturated carbocycles. The van der Waals surface area contributed by atoms with Gasteiger partial charge in [-0.2, -0.15) is 0 Å². The first-order valence-electron chi connectivity index (χ1n) is 4.72. The molecule has 0 atom stereocenters. The minimum absolute atomic E-state index is 0.0348. The third-order valence-electron chi connectivity index (χ3n) is 2.35. The number of amides is 4. The van der Waals surface area contributed by atoms with Crippen LogP contribution >= 0.6 is 0 Å². The van der Waals surface area contributed by atoms with E-state index < -0.39 is 30.2 Å². The van der Waals surface area contributed by atoms with E-state index in [0.717, 1.165) is 0 Å². The van der Waals surface area contributed by atoms with E-state index in [9.17, 15) is 19.2 Å². The fourth-order valence-electron chi connectivity index (χ4n) is 1.41. The van der Waals surface area contributed by atoms with Gasteiger partial charge >= 0.3 is 17.8 Å². The number of likely N-dealkylation sites (N-methyl/N-ethyl adjacent to an activating group) is 1. The summed E-state index contributed by atoms with van der Waals surface area (Å²) in [4.78, 5) is 46.8. The van der Waals surface area contributed by atoms with Crippen LogP contribution in [-0.4, -0.2) is 47.0 Å². The molecule has 17 heavy (non-hydrogen) atoms. The predicted molar refractivity (Wildman–Crippen MR) is 52.9 cm³/mol. The smallest absolute Gasteiger partial charge is 0.334 e. The van der Waals surface area contributed by atoms with Crippen molar-refractivity contribution in [2.45, 2.75) is 0 Å². The number of furan rings is 1. The van der Waals surface area contributed by atoms with Crippen molar-refractivity contribution in [3.05, 3.63) is 24.2 Å². The lowest BCUT2D eigenvalue weighted by molar-refractivity contribution is -0.142. The maximum absolute atomic E-state index is 11.6. The number of hydrogen-bond donors (Lipinski definition) is 0. The molecule has 1 saturated heterocycles. The van der Waals surface area contributed by atoms with E-state index in [0.29, 0.717) is 9.80 Å². The zero-order valence-electron chi connectivity index (χ0n) is 8.87. The third kappa shape index (κ3) is 1.71. The van der Waals surface area contributed by atoms with Crippen LogP contribution in [0.25, 0.3) is 0 Å². The molecule has 7 heteroatoms. The predicted octanol–water partition coefficient (Wildman–Crippen LogP) is -0.117. The Morgan fingerprint density at radius 2 is 2.00 bits per heavy atom. The minimum atomic E-state index is -1.00. The van der Waals surface area contributed by atoms with E-state index in [4.69, 9.17) is 4.42 Å². The van der Waals surface area contributed by atoms with Crippen molar-refractivity contribution >= 4 is 23.6 Å². The molecule has 0 aromatic carbocycles. The monoisotopic (exact) mass is 236 g/mol. The fourth-order valence-corrected chi connectivity index (χ4v) is 1.41. The van der Waals surface area contributed by atoms with Gasteiger partial charge in [0.15, 0.2) is 5.76 Å². The van der Waals surface area contributed by atoms with Gasteiger partial charge in [-0.25, -0.2) is 9.69 Å². The van der Waals surface area contributed by atoms with Crippen molar-refractivity contribution in [2.24, 2.45) is 0 Å². The lowest BCUT2D eigenvalue weighted by atomic mass is 10.3. The summed E-state index contributed by atoms with van der Waals surface area (Å²) in [5.74, 6) is -2.45. The van der Waals surface area contributed by atoms with Crippen LogP contribution in [0.15, 0.2) is 22.8 Å². The summed E-state index contributed by atoms with van der Waals surface area (Å²) in [5, 5.41) is 0. The van der Waals surface area contributed by atoms with E-state index in [-0.39, 0.29) is 5.76 Å². The number of rotatable bonds is 3. The molecule has 0 N–H and O–H groups in total. The van der Waals surface area contributed by atoms with Gasteiger partial charge in [-0.05, 0) is 12.1 Å². The van der Waals surface area contributed by atoms with Gasteiger partial charge in [0.2, 0.25) is 5.78 Å². The summed E-state index contributed by atoms with van der Waals surface area (Å²) in [6.45, 7) is -0.499. The molecule has 0 spiro atoms. The fraction of sp³-hybridized carbons (Fsp3) is 0.200. The molecule has 2 heterocycles. The largest absolute Gasteiger partial charge is 0.461 e. The van der Waals surface area contributed by atoms with Crippen LogP contribution < -0.4 is 0 Å². The molecule has 1 fully saturated rings. The number of Topliss-reactive ketones (excluding diaryl/α,β-unsaturated/α-hetero) is 1. The highest BCUT2D eigenvalue weighted by molar-refractivity contribution is 6.45. The number of urea groups is 1. The number of hydrogen-bond acceptors (Lipinski definition) is 5. The van der Waals surface area contributed by atoms with Crippen molar-refractivity contribution in [2.75, 3.05) is 13.6 Å². The topological polar surface area (TPSA) is 87.9 Å². The van der Waals surface area contributed by atoms with Gasteiger partial charge in [0.1, 0.15) is 0 Å². The summed E-state index contributed by atoms with van der Waals surface area (Å²) >= 11 is 0. The van der Waals surface area contributed by atoms with Crippen LogP contribution in [0.3, 0.4) is 0 Å². The van der Waals surface area contributed by atoms with Gasteiger partial charge in [0.05, 0.1) is 12.8 Å². The highest BCUT2D eigenvalue weighted by Crippen LogP contribution is 2.11. The Morgan fingerprint density at radius 3 is 2.47 bits per heavy atom. The molecule has 4 amide bonds. The van der Waals surface area contributed by atoms with Gasteiger partial charge in [0.25, 0.3) is 0 Å². The molecule has 0 radical (unpaired) electrons. The highest BCUT2D eigenvalue weighted by Gasteiger charge is 2.43. The molecular weight excluding hydrogens is 228 g/mol. The van der Waals surface area contributed by atoms with Crippen LogP contribution in [0.2, 0.25) is 0 Å². The normalized spacial score (nSPS) is 15.9. The van der Waals surface area contributed by atoms with Gasteiger partial charge < -0.3 is 4.42 Å². The Labute approximate surface area is 95.6 Å². The van der Waals surface area contributed by atoms with E-state index >= 15 is 0 Å². The second kappa shape index (κ2) is 3.85. The average molecular weight is 236 g/mol. The van der Waals surface area contributed by atoms with E-state index in [2.05, 4.69) is 0 Å². The first-order valence-corrected chi connectivity index (χ1v) is 4.72. The first-order chi connectivity index (χ1) is 8.02. The molecule has 88 valence electrons. The maximum atomic E-state index is 11.6. The van der Waals surface area contributed by atoms with E-state index in [1.807, 2.05) is 0 Å². The molecule has 0 aliphatic carbocycles. The zero-order chi connectivity index (χ0) is 12.6. The van der Waals surface area contributed by atoms with Crippen molar-refractivity contribution < 1.29 is 23.6 Å². The lowest BCUT2D eigenvalue weighted by Crippen LogP contribution is -2.36. The Morgan fingerprint density at radius 1 is 1.29 bits per heavy atom. The molecule has 0 unspecified atom stereocenters. The molecule has 2 rings (SSSR count). The number of ketones is 1. The summed E-state index contributed by atoms with van der Waals surface area (Å²) < 4.78 is 4.83. The average Bonchev–Trinajstić information content (AvgIpc) is 2.90. The van der Waals surface area contributed by atoms with E-state index in [1.165, 1.54) is 25.4 Å². The van der Waals surface area contributed by atoms with Crippen molar-refractivity contribution in [1.82, 2.24) is 9.80 Å². The third-order valence-corrected chi connectivity index (χ3v) is 2.35. The maximum Gasteiger partial charge on any atom is 0.334 e. The van der Waals surface area contributed by atoms with Gasteiger partial charge in [0, 0.05) is 7.05 Å². The summed E-state index contributed by atoms with van der Waals surface area (Å²) in [5.41, 5.74) is 0. The van der Waals surface area contributed by atoms with Crippen molar-refractivity contribution in [1.29, 1.82) is 0 Å². The van der Waals surface area contributed by atoms with Crippen molar-refractivity contribution in [3.8, 4) is 0 Å². The number of carbonyl (C=O) groups excluding carboxylic acids is 4. The second-order valence-electron chi connectivity index (χ2n) is 3.44. The molecule has 1 aromatic heterocycles. The second-order valence-corrected chi connectivity index (χ2v) is 3.44. The Kier molecular flexibility index (Phi) is 2.51. The summed E-state index contributed by atoms with van der Waals surface area (Å²) in [6.07, 6.45) is 1.30. The van der Waals surface area contributed by atoms with Crippen LogP contribution in [0.4, 0.5) is 4.79 Å². The summed E-state index contributed by atoms with van der Waals surface area (Å²) in [7, 11) is 1.18. The highest BCUT2D eigenvalue weighted by atomic mass is 16.3. The van der Waals surface area contributed by atoms with Gasteiger partial charge in [-0.3, -0.25) is 19.3 Å². The minimum Gasteiger partial charge on any atom is -0.461 e. The Hall–Kier alpha value is -2.44. The zero-order valence-corrected chi connectivity index (χ0v) is 8.87. The molecule has 1 aromatic rings. The van der Waals surface area contributed by atoms with Gasteiger partial charge in [-0.1, -0.05) is 0 Å². The van der Waals surface area contributed by atoms with Crippen LogP contribution in [0.1, 0.15) is 10.6 Å². The molecule has 0 bridgehead atoms.